The lowest BCUT2D eigenvalue weighted by Gasteiger charge is -2.35. The second-order valence-corrected chi connectivity index (χ2v) is 7.93. The molecule has 3 N–H and O–H groups in total. The fourth-order valence-corrected chi connectivity index (χ4v) is 3.81. The van der Waals surface area contributed by atoms with Crippen LogP contribution in [0.2, 0.25) is 0 Å². The summed E-state index contributed by atoms with van der Waals surface area (Å²) in [4.78, 5) is 19.2. The molecule has 1 atom stereocenters. The average Bonchev–Trinajstić information content (AvgIpc) is 3.25. The smallest absolute Gasteiger partial charge is 0.287 e. The number of aryl methyl sites for hydroxylation is 1. The van der Waals surface area contributed by atoms with Gasteiger partial charge in [0.15, 0.2) is 11.7 Å². The van der Waals surface area contributed by atoms with Crippen molar-refractivity contribution >= 4 is 17.6 Å². The Kier molecular flexibility index (Phi) is 8.83. The maximum atomic E-state index is 12.1. The first-order chi connectivity index (χ1) is 15.6. The van der Waals surface area contributed by atoms with E-state index in [1.54, 1.807) is 13.2 Å². The first-order valence-electron chi connectivity index (χ1n) is 11.4. The van der Waals surface area contributed by atoms with E-state index in [9.17, 15) is 4.79 Å². The number of ether oxygens (including phenoxy) is 1. The number of benzene rings is 1. The summed E-state index contributed by atoms with van der Waals surface area (Å²) >= 11 is 0. The molecule has 0 saturated carbocycles. The van der Waals surface area contributed by atoms with Gasteiger partial charge in [0.1, 0.15) is 5.75 Å². The molecule has 2 heterocycles. The molecule has 0 radical (unpaired) electrons. The standard InChI is InChI=1S/C24H35N5O3/c1-4-25-24(27-13-7-12-26-23(30)22-18(2)11-15-32-22)28-19-8-6-14-29(17-19)20-9-5-10-21(16-20)31-3/h5,9-11,15-16,19H,4,6-8,12-14,17H2,1-3H3,(H,26,30)(H2,25,27,28). The number of guanidine groups is 1. The Morgan fingerprint density at radius 3 is 2.94 bits per heavy atom. The second kappa shape index (κ2) is 12.0. The van der Waals surface area contributed by atoms with Crippen LogP contribution in [0.15, 0.2) is 46.0 Å². The summed E-state index contributed by atoms with van der Waals surface area (Å²) in [5, 5.41) is 9.80. The molecule has 8 nitrogen and oxygen atoms in total. The van der Waals surface area contributed by atoms with Crippen molar-refractivity contribution in [2.24, 2.45) is 4.99 Å². The third kappa shape index (κ3) is 6.67. The number of anilines is 1. The van der Waals surface area contributed by atoms with Gasteiger partial charge in [-0.15, -0.1) is 0 Å². The fourth-order valence-electron chi connectivity index (χ4n) is 3.81. The number of piperidine rings is 1. The molecule has 2 aromatic rings. The van der Waals surface area contributed by atoms with E-state index in [4.69, 9.17) is 14.1 Å². The average molecular weight is 442 g/mol. The SMILES string of the molecule is CCNC(=NCCCNC(=O)c1occc1C)NC1CCCN(c2cccc(OC)c2)C1. The molecule has 1 aliphatic rings. The number of nitrogens with zero attached hydrogens (tertiary/aromatic N) is 2. The number of hydrogen-bond acceptors (Lipinski definition) is 5. The van der Waals surface area contributed by atoms with Crippen molar-refractivity contribution in [3.63, 3.8) is 0 Å². The number of methoxy groups -OCH3 is 1. The Morgan fingerprint density at radius 2 is 2.19 bits per heavy atom. The third-order valence-corrected chi connectivity index (χ3v) is 5.48. The van der Waals surface area contributed by atoms with Gasteiger partial charge < -0.3 is 30.0 Å². The topological polar surface area (TPSA) is 91.1 Å². The molecule has 1 fully saturated rings. The molecule has 1 amide bonds. The Labute approximate surface area is 190 Å². The van der Waals surface area contributed by atoms with Crippen molar-refractivity contribution in [2.45, 2.75) is 39.2 Å². The Hall–Kier alpha value is -3.16. The molecule has 1 aliphatic heterocycles. The van der Waals surface area contributed by atoms with Crippen molar-refractivity contribution in [2.75, 3.05) is 44.7 Å². The van der Waals surface area contributed by atoms with E-state index >= 15 is 0 Å². The van der Waals surface area contributed by atoms with E-state index in [0.717, 1.165) is 56.2 Å². The third-order valence-electron chi connectivity index (χ3n) is 5.48. The van der Waals surface area contributed by atoms with E-state index in [-0.39, 0.29) is 5.91 Å². The maximum Gasteiger partial charge on any atom is 0.287 e. The monoisotopic (exact) mass is 441 g/mol. The van der Waals surface area contributed by atoms with E-state index in [0.29, 0.717) is 24.9 Å². The van der Waals surface area contributed by atoms with Gasteiger partial charge in [-0.25, -0.2) is 0 Å². The molecule has 174 valence electrons. The van der Waals surface area contributed by atoms with E-state index in [2.05, 4.69) is 39.9 Å². The Balaban J connectivity index is 1.47. The van der Waals surface area contributed by atoms with Crippen LogP contribution in [0.3, 0.4) is 0 Å². The molecule has 1 aromatic carbocycles. The van der Waals surface area contributed by atoms with Crippen LogP contribution in [0.5, 0.6) is 5.75 Å². The van der Waals surface area contributed by atoms with Crippen LogP contribution >= 0.6 is 0 Å². The lowest BCUT2D eigenvalue weighted by Crippen LogP contribution is -2.51. The van der Waals surface area contributed by atoms with Gasteiger partial charge in [-0.1, -0.05) is 6.07 Å². The van der Waals surface area contributed by atoms with Gasteiger partial charge in [-0.05, 0) is 51.3 Å². The summed E-state index contributed by atoms with van der Waals surface area (Å²) in [6, 6.07) is 10.3. The van der Waals surface area contributed by atoms with Crippen LogP contribution in [0.25, 0.3) is 0 Å². The number of carbonyl (C=O) groups is 1. The molecule has 3 rings (SSSR count). The van der Waals surface area contributed by atoms with Crippen LogP contribution in [-0.2, 0) is 0 Å². The first kappa shape index (κ1) is 23.5. The van der Waals surface area contributed by atoms with Crippen molar-refractivity contribution in [3.8, 4) is 5.75 Å². The molecular formula is C24H35N5O3. The van der Waals surface area contributed by atoms with Gasteiger partial charge in [0.25, 0.3) is 5.91 Å². The molecule has 8 heteroatoms. The number of aliphatic imine (C=N–C) groups is 1. The maximum absolute atomic E-state index is 12.1. The molecule has 1 saturated heterocycles. The Bertz CT molecular complexity index is 895. The molecule has 1 aromatic heterocycles. The van der Waals surface area contributed by atoms with Gasteiger partial charge in [0.05, 0.1) is 13.4 Å². The highest BCUT2D eigenvalue weighted by molar-refractivity contribution is 5.92. The van der Waals surface area contributed by atoms with E-state index in [1.165, 1.54) is 12.0 Å². The van der Waals surface area contributed by atoms with Gasteiger partial charge in [-0.2, -0.15) is 0 Å². The highest BCUT2D eigenvalue weighted by Crippen LogP contribution is 2.24. The highest BCUT2D eigenvalue weighted by atomic mass is 16.5. The predicted molar refractivity (Wildman–Crippen MR) is 128 cm³/mol. The van der Waals surface area contributed by atoms with Crippen LogP contribution in [0.1, 0.15) is 42.3 Å². The number of nitrogens with one attached hydrogen (secondary N) is 3. The zero-order valence-electron chi connectivity index (χ0n) is 19.3. The van der Waals surface area contributed by atoms with Gasteiger partial charge in [0, 0.05) is 56.1 Å². The van der Waals surface area contributed by atoms with E-state index < -0.39 is 0 Å². The molecule has 32 heavy (non-hydrogen) atoms. The summed E-state index contributed by atoms with van der Waals surface area (Å²) in [6.07, 6.45) is 4.50. The molecule has 1 unspecified atom stereocenters. The quantitative estimate of drug-likeness (QED) is 0.315. The lowest BCUT2D eigenvalue weighted by atomic mass is 10.0. The van der Waals surface area contributed by atoms with Gasteiger partial charge in [-0.3, -0.25) is 9.79 Å². The fraction of sp³-hybridized carbons (Fsp3) is 0.500. The number of carbonyl (C=O) groups excluding carboxylic acids is 1. The second-order valence-electron chi connectivity index (χ2n) is 7.93. The summed E-state index contributed by atoms with van der Waals surface area (Å²) in [5.41, 5.74) is 2.02. The number of hydrogen-bond donors (Lipinski definition) is 3. The lowest BCUT2D eigenvalue weighted by molar-refractivity contribution is 0.0925. The van der Waals surface area contributed by atoms with Crippen LogP contribution in [-0.4, -0.2) is 57.7 Å². The van der Waals surface area contributed by atoms with Crippen LogP contribution in [0.4, 0.5) is 5.69 Å². The molecule has 0 aliphatic carbocycles. The summed E-state index contributed by atoms with van der Waals surface area (Å²) in [6.45, 7) is 7.84. The zero-order valence-corrected chi connectivity index (χ0v) is 19.3. The minimum absolute atomic E-state index is 0.179. The van der Waals surface area contributed by atoms with Crippen LogP contribution < -0.4 is 25.6 Å². The van der Waals surface area contributed by atoms with Gasteiger partial charge >= 0.3 is 0 Å². The summed E-state index contributed by atoms with van der Waals surface area (Å²) in [7, 11) is 1.70. The zero-order chi connectivity index (χ0) is 22.8. The number of rotatable bonds is 9. The number of amides is 1. The minimum Gasteiger partial charge on any atom is -0.497 e. The van der Waals surface area contributed by atoms with Crippen molar-refractivity contribution in [1.82, 2.24) is 16.0 Å². The van der Waals surface area contributed by atoms with Crippen molar-refractivity contribution in [3.05, 3.63) is 47.9 Å². The minimum atomic E-state index is -0.179. The number of furan rings is 1. The largest absolute Gasteiger partial charge is 0.497 e. The molecule has 0 spiro atoms. The Morgan fingerprint density at radius 1 is 1.31 bits per heavy atom. The van der Waals surface area contributed by atoms with Crippen molar-refractivity contribution in [1.29, 1.82) is 0 Å². The molecular weight excluding hydrogens is 406 g/mol. The first-order valence-corrected chi connectivity index (χ1v) is 11.4. The van der Waals surface area contributed by atoms with Crippen LogP contribution in [0, 0.1) is 6.92 Å². The normalized spacial score (nSPS) is 16.5. The summed E-state index contributed by atoms with van der Waals surface area (Å²) < 4.78 is 10.6. The predicted octanol–water partition coefficient (Wildman–Crippen LogP) is 2.94. The van der Waals surface area contributed by atoms with Gasteiger partial charge in [0.2, 0.25) is 0 Å². The highest BCUT2D eigenvalue weighted by Gasteiger charge is 2.21. The summed E-state index contributed by atoms with van der Waals surface area (Å²) in [5.74, 6) is 1.89. The van der Waals surface area contributed by atoms with E-state index in [1.807, 2.05) is 19.1 Å². The molecule has 0 bridgehead atoms. The van der Waals surface area contributed by atoms with Crippen molar-refractivity contribution < 1.29 is 13.9 Å².